The molecule has 10 heteroatoms. The summed E-state index contributed by atoms with van der Waals surface area (Å²) in [5.74, 6) is -1.53. The lowest BCUT2D eigenvalue weighted by Crippen LogP contribution is -2.51. The standard InChI is InChI=1S/C23H29BrFN3O4S/c1-4-5-12-26-23(30)17(2)27(15-18-8-6-9-19(24)13-18)22(29)16-28(33(3,31)32)21-11-7-10-20(25)14-21/h6-11,13-14,17H,4-5,12,15-16H2,1-3H3,(H,26,30)/t17-/m0/s1. The van der Waals surface area contributed by atoms with E-state index < -0.39 is 34.3 Å². The Bertz CT molecular complexity index is 1080. The van der Waals surface area contributed by atoms with Gasteiger partial charge in [-0.25, -0.2) is 12.8 Å². The molecule has 2 amide bonds. The van der Waals surface area contributed by atoms with Crippen LogP contribution in [-0.2, 0) is 26.2 Å². The SMILES string of the molecule is CCCCNC(=O)[C@H](C)N(Cc1cccc(Br)c1)C(=O)CN(c1cccc(F)c1)S(C)(=O)=O. The highest BCUT2D eigenvalue weighted by molar-refractivity contribution is 9.10. The van der Waals surface area contributed by atoms with Gasteiger partial charge in [-0.2, -0.15) is 0 Å². The van der Waals surface area contributed by atoms with E-state index in [0.717, 1.165) is 39.5 Å². The minimum atomic E-state index is -3.90. The average molecular weight is 542 g/mol. The van der Waals surface area contributed by atoms with E-state index in [9.17, 15) is 22.4 Å². The van der Waals surface area contributed by atoms with Crippen molar-refractivity contribution in [2.45, 2.75) is 39.3 Å². The zero-order valence-electron chi connectivity index (χ0n) is 18.9. The smallest absolute Gasteiger partial charge is 0.244 e. The molecule has 0 aliphatic heterocycles. The lowest BCUT2D eigenvalue weighted by atomic mass is 10.1. The molecule has 180 valence electrons. The van der Waals surface area contributed by atoms with E-state index in [0.29, 0.717) is 6.54 Å². The van der Waals surface area contributed by atoms with Crippen LogP contribution in [0.25, 0.3) is 0 Å². The molecule has 0 aliphatic carbocycles. The molecule has 1 N–H and O–H groups in total. The Balaban J connectivity index is 2.34. The molecule has 0 fully saturated rings. The van der Waals surface area contributed by atoms with Gasteiger partial charge >= 0.3 is 0 Å². The van der Waals surface area contributed by atoms with Crippen molar-refractivity contribution in [3.05, 3.63) is 64.4 Å². The molecule has 0 saturated carbocycles. The maximum Gasteiger partial charge on any atom is 0.244 e. The summed E-state index contributed by atoms with van der Waals surface area (Å²) in [6.07, 6.45) is 2.66. The molecule has 0 saturated heterocycles. The van der Waals surface area contributed by atoms with Crippen LogP contribution in [0.15, 0.2) is 53.0 Å². The normalized spacial score (nSPS) is 12.2. The Hall–Kier alpha value is -2.46. The van der Waals surface area contributed by atoms with Crippen LogP contribution >= 0.6 is 15.9 Å². The molecule has 0 aromatic heterocycles. The Kier molecular flexibility index (Phi) is 9.85. The number of nitrogens with one attached hydrogen (secondary N) is 1. The number of amides is 2. The summed E-state index contributed by atoms with van der Waals surface area (Å²) in [4.78, 5) is 27.4. The first-order chi connectivity index (χ1) is 15.5. The van der Waals surface area contributed by atoms with Gasteiger partial charge in [0.1, 0.15) is 18.4 Å². The number of sulfonamides is 1. The van der Waals surface area contributed by atoms with E-state index in [2.05, 4.69) is 21.2 Å². The maximum absolute atomic E-state index is 13.7. The molecule has 0 aliphatic rings. The number of hydrogen-bond donors (Lipinski definition) is 1. The summed E-state index contributed by atoms with van der Waals surface area (Å²) in [5.41, 5.74) is 0.802. The zero-order valence-corrected chi connectivity index (χ0v) is 21.3. The molecule has 0 bridgehead atoms. The van der Waals surface area contributed by atoms with Gasteiger partial charge in [0, 0.05) is 17.6 Å². The fourth-order valence-corrected chi connectivity index (χ4v) is 4.48. The van der Waals surface area contributed by atoms with E-state index in [4.69, 9.17) is 0 Å². The van der Waals surface area contributed by atoms with Crippen LogP contribution in [0.1, 0.15) is 32.3 Å². The topological polar surface area (TPSA) is 86.8 Å². The van der Waals surface area contributed by atoms with Crippen molar-refractivity contribution >= 4 is 43.5 Å². The van der Waals surface area contributed by atoms with Gasteiger partial charge in [-0.05, 0) is 49.2 Å². The summed E-state index contributed by atoms with van der Waals surface area (Å²) < 4.78 is 40.3. The Labute approximate surface area is 203 Å². The first-order valence-corrected chi connectivity index (χ1v) is 13.2. The van der Waals surface area contributed by atoms with Gasteiger partial charge in [0.15, 0.2) is 0 Å². The fourth-order valence-electron chi connectivity index (χ4n) is 3.20. The summed E-state index contributed by atoms with van der Waals surface area (Å²) in [6, 6.07) is 11.5. The Morgan fingerprint density at radius 1 is 1.15 bits per heavy atom. The maximum atomic E-state index is 13.7. The number of unbranched alkanes of at least 4 members (excludes halogenated alkanes) is 1. The van der Waals surface area contributed by atoms with E-state index in [1.807, 2.05) is 31.2 Å². The Morgan fingerprint density at radius 2 is 1.85 bits per heavy atom. The van der Waals surface area contributed by atoms with Crippen LogP contribution in [-0.4, -0.2) is 50.5 Å². The second-order valence-corrected chi connectivity index (χ2v) is 10.5. The first kappa shape index (κ1) is 26.8. The Morgan fingerprint density at radius 3 is 2.45 bits per heavy atom. The molecule has 0 radical (unpaired) electrons. The number of anilines is 1. The van der Waals surface area contributed by atoms with Crippen molar-refractivity contribution < 1.29 is 22.4 Å². The molecule has 0 heterocycles. The third-order valence-corrected chi connectivity index (χ3v) is 6.65. The second kappa shape index (κ2) is 12.1. The van der Waals surface area contributed by atoms with Gasteiger partial charge in [-0.15, -0.1) is 0 Å². The lowest BCUT2D eigenvalue weighted by Gasteiger charge is -2.31. The molecule has 2 aromatic rings. The van der Waals surface area contributed by atoms with Crippen LogP contribution < -0.4 is 9.62 Å². The van der Waals surface area contributed by atoms with Crippen LogP contribution in [0.4, 0.5) is 10.1 Å². The van der Waals surface area contributed by atoms with Crippen molar-refractivity contribution in [2.75, 3.05) is 23.7 Å². The predicted molar refractivity (Wildman–Crippen MR) is 131 cm³/mol. The van der Waals surface area contributed by atoms with Crippen molar-refractivity contribution in [2.24, 2.45) is 0 Å². The van der Waals surface area contributed by atoms with Gasteiger partial charge in [0.05, 0.1) is 11.9 Å². The van der Waals surface area contributed by atoms with Gasteiger partial charge in [-0.1, -0.05) is 47.5 Å². The van der Waals surface area contributed by atoms with Gasteiger partial charge in [0.25, 0.3) is 0 Å². The number of rotatable bonds is 11. The van der Waals surface area contributed by atoms with E-state index >= 15 is 0 Å². The highest BCUT2D eigenvalue weighted by Crippen LogP contribution is 2.20. The number of benzene rings is 2. The highest BCUT2D eigenvalue weighted by Gasteiger charge is 2.30. The van der Waals surface area contributed by atoms with Crippen molar-refractivity contribution in [3.8, 4) is 0 Å². The molecule has 33 heavy (non-hydrogen) atoms. The van der Waals surface area contributed by atoms with E-state index in [1.54, 1.807) is 6.92 Å². The number of carbonyl (C=O) groups excluding carboxylic acids is 2. The average Bonchev–Trinajstić information content (AvgIpc) is 2.74. The van der Waals surface area contributed by atoms with Crippen molar-refractivity contribution in [1.82, 2.24) is 10.2 Å². The van der Waals surface area contributed by atoms with E-state index in [1.165, 1.54) is 23.1 Å². The van der Waals surface area contributed by atoms with Crippen molar-refractivity contribution in [3.63, 3.8) is 0 Å². The first-order valence-electron chi connectivity index (χ1n) is 10.6. The van der Waals surface area contributed by atoms with Crippen LogP contribution in [0.5, 0.6) is 0 Å². The summed E-state index contributed by atoms with van der Waals surface area (Å²) >= 11 is 3.40. The third-order valence-electron chi connectivity index (χ3n) is 5.01. The fraction of sp³-hybridized carbons (Fsp3) is 0.391. The van der Waals surface area contributed by atoms with Gasteiger partial charge in [0.2, 0.25) is 21.8 Å². The number of hydrogen-bond acceptors (Lipinski definition) is 4. The number of carbonyl (C=O) groups is 2. The minimum absolute atomic E-state index is 0.0355. The minimum Gasteiger partial charge on any atom is -0.354 e. The molecule has 7 nitrogen and oxygen atoms in total. The molecular weight excluding hydrogens is 513 g/mol. The molecule has 0 unspecified atom stereocenters. The summed E-state index contributed by atoms with van der Waals surface area (Å²) in [6.45, 7) is 3.62. The molecule has 1 atom stereocenters. The lowest BCUT2D eigenvalue weighted by molar-refractivity contribution is -0.139. The molecule has 0 spiro atoms. The summed E-state index contributed by atoms with van der Waals surface area (Å²) in [7, 11) is -3.90. The van der Waals surface area contributed by atoms with E-state index in [-0.39, 0.29) is 18.1 Å². The number of halogens is 2. The molecular formula is C23H29BrFN3O4S. The quantitative estimate of drug-likeness (QED) is 0.439. The largest absolute Gasteiger partial charge is 0.354 e. The monoisotopic (exact) mass is 541 g/mol. The van der Waals surface area contributed by atoms with Gasteiger partial charge in [-0.3, -0.25) is 13.9 Å². The predicted octanol–water partition coefficient (Wildman–Crippen LogP) is 3.69. The van der Waals surface area contributed by atoms with Crippen LogP contribution in [0.3, 0.4) is 0 Å². The molecule has 2 rings (SSSR count). The number of nitrogens with zero attached hydrogens (tertiary/aromatic N) is 2. The van der Waals surface area contributed by atoms with Crippen LogP contribution in [0.2, 0.25) is 0 Å². The third kappa shape index (κ3) is 8.12. The highest BCUT2D eigenvalue weighted by atomic mass is 79.9. The zero-order chi connectivity index (χ0) is 24.6. The summed E-state index contributed by atoms with van der Waals surface area (Å²) in [5, 5.41) is 2.82. The molecule has 2 aromatic carbocycles. The van der Waals surface area contributed by atoms with Crippen molar-refractivity contribution in [1.29, 1.82) is 0 Å². The van der Waals surface area contributed by atoms with Crippen LogP contribution in [0, 0.1) is 5.82 Å². The second-order valence-electron chi connectivity index (χ2n) is 7.72. The van der Waals surface area contributed by atoms with Gasteiger partial charge < -0.3 is 10.2 Å².